The van der Waals surface area contributed by atoms with Crippen molar-refractivity contribution in [3.8, 4) is 0 Å². The molecule has 0 aliphatic carbocycles. The smallest absolute Gasteiger partial charge is 0.320 e. The molecule has 122 valence electrons. The summed E-state index contributed by atoms with van der Waals surface area (Å²) in [5, 5.41) is 9.30. The lowest BCUT2D eigenvalue weighted by Gasteiger charge is -2.39. The van der Waals surface area contributed by atoms with Crippen molar-refractivity contribution in [2.75, 3.05) is 33.2 Å². The number of aryl methyl sites for hydroxylation is 1. The van der Waals surface area contributed by atoms with E-state index in [2.05, 4.69) is 34.0 Å². The van der Waals surface area contributed by atoms with Crippen LogP contribution in [0.25, 0.3) is 0 Å². The molecule has 2 fully saturated rings. The summed E-state index contributed by atoms with van der Waals surface area (Å²) in [6.45, 7) is 5.41. The monoisotopic (exact) mass is 305 g/mol. The second-order valence-corrected chi connectivity index (χ2v) is 7.09. The first-order chi connectivity index (χ1) is 10.6. The third-order valence-electron chi connectivity index (χ3n) is 5.50. The Morgan fingerprint density at radius 3 is 2.50 bits per heavy atom. The second-order valence-electron chi connectivity index (χ2n) is 7.09. The molecule has 0 amide bonds. The van der Waals surface area contributed by atoms with Crippen LogP contribution in [-0.4, -0.2) is 64.7 Å². The summed E-state index contributed by atoms with van der Waals surface area (Å²) in [6, 6.07) is 3.86. The summed E-state index contributed by atoms with van der Waals surface area (Å²) in [5.41, 5.74) is 0.245. The van der Waals surface area contributed by atoms with E-state index >= 15 is 0 Å². The fourth-order valence-corrected chi connectivity index (χ4v) is 4.15. The average Bonchev–Trinajstić information content (AvgIpc) is 3.10. The van der Waals surface area contributed by atoms with Crippen LogP contribution in [0, 0.1) is 5.41 Å². The molecule has 1 aromatic rings. The van der Waals surface area contributed by atoms with Gasteiger partial charge in [-0.3, -0.25) is 9.69 Å². The predicted molar refractivity (Wildman–Crippen MR) is 85.8 cm³/mol. The highest BCUT2D eigenvalue weighted by molar-refractivity contribution is 5.74. The van der Waals surface area contributed by atoms with E-state index in [0.717, 1.165) is 52.0 Å². The van der Waals surface area contributed by atoms with Crippen LogP contribution in [-0.2, 0) is 11.3 Å². The van der Waals surface area contributed by atoms with E-state index in [4.69, 9.17) is 0 Å². The Balaban J connectivity index is 1.43. The minimum atomic E-state index is -0.659. The van der Waals surface area contributed by atoms with Gasteiger partial charge in [0.25, 0.3) is 0 Å². The van der Waals surface area contributed by atoms with Crippen LogP contribution in [0.1, 0.15) is 25.7 Å². The molecule has 3 rings (SSSR count). The van der Waals surface area contributed by atoms with Crippen LogP contribution in [0.15, 0.2) is 24.5 Å². The molecule has 1 aromatic heterocycles. The summed E-state index contributed by atoms with van der Waals surface area (Å²) in [5.74, 6) is -0.659. The van der Waals surface area contributed by atoms with E-state index in [9.17, 15) is 9.90 Å². The van der Waals surface area contributed by atoms with Gasteiger partial charge in [-0.15, -0.1) is 0 Å². The molecular weight excluding hydrogens is 278 g/mol. The van der Waals surface area contributed by atoms with E-state index in [0.29, 0.717) is 0 Å². The van der Waals surface area contributed by atoms with Gasteiger partial charge in [0.05, 0.1) is 0 Å². The van der Waals surface area contributed by atoms with Crippen LogP contribution in [0.2, 0.25) is 0 Å². The summed E-state index contributed by atoms with van der Waals surface area (Å²) < 4.78 is 2.23. The number of hydrogen-bond acceptors (Lipinski definition) is 3. The Morgan fingerprint density at radius 1 is 1.23 bits per heavy atom. The maximum atomic E-state index is 11.3. The fourth-order valence-electron chi connectivity index (χ4n) is 4.15. The third kappa shape index (κ3) is 3.36. The predicted octanol–water partition coefficient (Wildman–Crippen LogP) is 1.75. The first-order valence-electron chi connectivity index (χ1n) is 8.34. The molecule has 5 nitrogen and oxygen atoms in total. The molecule has 0 saturated carbocycles. The summed E-state index contributed by atoms with van der Waals surface area (Å²) in [7, 11) is 1.96. The average molecular weight is 305 g/mol. The van der Waals surface area contributed by atoms with Crippen molar-refractivity contribution in [1.29, 1.82) is 0 Å². The summed E-state index contributed by atoms with van der Waals surface area (Å²) in [6.07, 6.45) is 8.53. The minimum absolute atomic E-state index is 0.245. The van der Waals surface area contributed by atoms with Gasteiger partial charge in [0.15, 0.2) is 0 Å². The number of piperidine rings is 1. The molecule has 0 bridgehead atoms. The van der Waals surface area contributed by atoms with Gasteiger partial charge in [0.2, 0.25) is 0 Å². The zero-order chi connectivity index (χ0) is 15.6. The summed E-state index contributed by atoms with van der Waals surface area (Å²) >= 11 is 0. The van der Waals surface area contributed by atoms with Gasteiger partial charge in [0.1, 0.15) is 6.04 Å². The Kier molecular flexibility index (Phi) is 4.54. The van der Waals surface area contributed by atoms with Gasteiger partial charge < -0.3 is 14.6 Å². The topological polar surface area (TPSA) is 48.7 Å². The van der Waals surface area contributed by atoms with E-state index < -0.39 is 5.97 Å². The molecule has 22 heavy (non-hydrogen) atoms. The van der Waals surface area contributed by atoms with E-state index in [1.54, 1.807) is 0 Å². The number of hydrogen-bond donors (Lipinski definition) is 1. The van der Waals surface area contributed by atoms with Crippen LogP contribution < -0.4 is 0 Å². The number of rotatable bonds is 5. The van der Waals surface area contributed by atoms with Crippen LogP contribution in [0.4, 0.5) is 0 Å². The summed E-state index contributed by atoms with van der Waals surface area (Å²) in [4.78, 5) is 15.9. The van der Waals surface area contributed by atoms with Crippen LogP contribution in [0.5, 0.6) is 0 Å². The van der Waals surface area contributed by atoms with Crippen molar-refractivity contribution in [3.63, 3.8) is 0 Å². The number of carboxylic acids is 1. The van der Waals surface area contributed by atoms with E-state index in [1.165, 1.54) is 6.42 Å². The largest absolute Gasteiger partial charge is 0.480 e. The number of likely N-dealkylation sites (N-methyl/N-ethyl adjacent to an activating group) is 1. The zero-order valence-corrected chi connectivity index (χ0v) is 13.4. The molecule has 2 aliphatic heterocycles. The highest BCUT2D eigenvalue weighted by atomic mass is 16.4. The van der Waals surface area contributed by atoms with E-state index in [1.807, 2.05) is 11.9 Å². The van der Waals surface area contributed by atoms with Gasteiger partial charge in [-0.2, -0.15) is 0 Å². The number of likely N-dealkylation sites (tertiary alicyclic amines) is 2. The maximum absolute atomic E-state index is 11.3. The highest BCUT2D eigenvalue weighted by Gasteiger charge is 2.46. The Hall–Kier alpha value is -1.33. The van der Waals surface area contributed by atoms with Gasteiger partial charge in [0, 0.05) is 25.5 Å². The molecule has 2 aliphatic rings. The molecule has 0 radical (unpaired) electrons. The molecule has 5 heteroatoms. The SMILES string of the molecule is CN1CC2(CCN(CCCn3cccc3)CC2)CC1C(=O)O. The van der Waals surface area contributed by atoms with Gasteiger partial charge in [-0.05, 0) is 69.9 Å². The molecular formula is C17H27N3O2. The van der Waals surface area contributed by atoms with Gasteiger partial charge in [-0.25, -0.2) is 0 Å². The van der Waals surface area contributed by atoms with Crippen molar-refractivity contribution in [2.45, 2.75) is 38.3 Å². The lowest BCUT2D eigenvalue weighted by molar-refractivity contribution is -0.141. The third-order valence-corrected chi connectivity index (χ3v) is 5.50. The number of carbonyl (C=O) groups is 1. The molecule has 1 spiro atoms. The first-order valence-corrected chi connectivity index (χ1v) is 8.34. The van der Waals surface area contributed by atoms with Crippen molar-refractivity contribution >= 4 is 5.97 Å². The van der Waals surface area contributed by atoms with Gasteiger partial charge >= 0.3 is 5.97 Å². The Labute approximate surface area is 132 Å². The minimum Gasteiger partial charge on any atom is -0.480 e. The fraction of sp³-hybridized carbons (Fsp3) is 0.706. The lowest BCUT2D eigenvalue weighted by Crippen LogP contribution is -2.41. The molecule has 1 unspecified atom stereocenters. The van der Waals surface area contributed by atoms with Crippen LogP contribution >= 0.6 is 0 Å². The Morgan fingerprint density at radius 2 is 1.91 bits per heavy atom. The van der Waals surface area contributed by atoms with Gasteiger partial charge in [-0.1, -0.05) is 0 Å². The maximum Gasteiger partial charge on any atom is 0.320 e. The van der Waals surface area contributed by atoms with E-state index in [-0.39, 0.29) is 11.5 Å². The molecule has 0 aromatic carbocycles. The van der Waals surface area contributed by atoms with Crippen molar-refractivity contribution in [1.82, 2.24) is 14.4 Å². The molecule has 2 saturated heterocycles. The number of nitrogens with zero attached hydrogens (tertiary/aromatic N) is 3. The second kappa shape index (κ2) is 6.42. The van der Waals surface area contributed by atoms with Crippen molar-refractivity contribution in [3.05, 3.63) is 24.5 Å². The zero-order valence-electron chi connectivity index (χ0n) is 13.4. The standard InChI is InChI=1S/C17H27N3O2/c1-18-14-17(13-15(18)16(21)22)5-11-20(12-6-17)10-4-9-19-7-2-3-8-19/h2-3,7-8,15H,4-6,9-14H2,1H3,(H,21,22). The highest BCUT2D eigenvalue weighted by Crippen LogP contribution is 2.42. The Bertz CT molecular complexity index is 492. The molecule has 3 heterocycles. The first kappa shape index (κ1) is 15.6. The number of aliphatic carboxylic acids is 1. The normalized spacial score (nSPS) is 25.8. The lowest BCUT2D eigenvalue weighted by atomic mass is 9.76. The number of carboxylic acid groups (broad SMARTS) is 1. The molecule has 1 N–H and O–H groups in total. The number of aromatic nitrogens is 1. The quantitative estimate of drug-likeness (QED) is 0.900. The van der Waals surface area contributed by atoms with Crippen LogP contribution in [0.3, 0.4) is 0 Å². The van der Waals surface area contributed by atoms with Crippen molar-refractivity contribution < 1.29 is 9.90 Å². The molecule has 1 atom stereocenters. The van der Waals surface area contributed by atoms with Crippen molar-refractivity contribution in [2.24, 2.45) is 5.41 Å².